The molecule has 1 saturated carbocycles. The molecule has 0 radical (unpaired) electrons. The van der Waals surface area contributed by atoms with Gasteiger partial charge >= 0.3 is 0 Å². The molecule has 0 aliphatic heterocycles. The van der Waals surface area contributed by atoms with Crippen molar-refractivity contribution in [1.82, 2.24) is 9.55 Å². The Morgan fingerprint density at radius 1 is 1.07 bits per heavy atom. The number of hydrogen-bond donors (Lipinski definition) is 1. The van der Waals surface area contributed by atoms with Crippen LogP contribution in [0.25, 0.3) is 0 Å². The first-order valence-electron chi connectivity index (χ1n) is 9.60. The van der Waals surface area contributed by atoms with Crippen LogP contribution in [0.15, 0.2) is 59.4 Å². The number of nitrogens with zero attached hydrogens (tertiary/aromatic N) is 2. The first-order chi connectivity index (χ1) is 13.5. The molecule has 0 amide bonds. The van der Waals surface area contributed by atoms with Gasteiger partial charge in [0.25, 0.3) is 5.56 Å². The number of hydrogen-bond acceptors (Lipinski definition) is 4. The lowest BCUT2D eigenvalue weighted by Crippen LogP contribution is -2.21. The predicted octanol–water partition coefficient (Wildman–Crippen LogP) is 3.43. The van der Waals surface area contributed by atoms with Gasteiger partial charge in [0.1, 0.15) is 5.75 Å². The van der Waals surface area contributed by atoms with E-state index in [4.69, 9.17) is 10.5 Å². The maximum absolute atomic E-state index is 12.0. The minimum Gasteiger partial charge on any atom is -0.497 e. The molecule has 0 unspecified atom stereocenters. The van der Waals surface area contributed by atoms with E-state index < -0.39 is 0 Å². The van der Waals surface area contributed by atoms with E-state index in [1.807, 2.05) is 12.1 Å². The van der Waals surface area contributed by atoms with Gasteiger partial charge < -0.3 is 10.5 Å². The highest BCUT2D eigenvalue weighted by molar-refractivity contribution is 5.37. The molecular weight excluding hydrogens is 350 g/mol. The van der Waals surface area contributed by atoms with Gasteiger partial charge in [0, 0.05) is 19.0 Å². The fraction of sp³-hybridized carbons (Fsp3) is 0.304. The number of ether oxygens (including phenoxy) is 1. The van der Waals surface area contributed by atoms with Gasteiger partial charge in [-0.05, 0) is 54.0 Å². The Morgan fingerprint density at radius 3 is 2.50 bits per heavy atom. The van der Waals surface area contributed by atoms with E-state index in [0.29, 0.717) is 5.92 Å². The molecule has 4 rings (SSSR count). The lowest BCUT2D eigenvalue weighted by Gasteiger charge is -2.08. The summed E-state index contributed by atoms with van der Waals surface area (Å²) in [6.07, 6.45) is 2.97. The first-order valence-corrected chi connectivity index (χ1v) is 9.60. The Balaban J connectivity index is 1.45. The Kier molecular flexibility index (Phi) is 4.90. The SMILES string of the molecule is COc1cccc(CCc2cccc([C@@H]3C[C@@H]3c3cc(=O)n(C)c(N)n3)c2)c1. The van der Waals surface area contributed by atoms with Crippen LogP contribution in [0.2, 0.25) is 0 Å². The highest BCUT2D eigenvalue weighted by Gasteiger charge is 2.41. The third-order valence-electron chi connectivity index (χ3n) is 5.58. The summed E-state index contributed by atoms with van der Waals surface area (Å²) in [6.45, 7) is 0. The van der Waals surface area contributed by atoms with Gasteiger partial charge in [-0.2, -0.15) is 0 Å². The first kappa shape index (κ1) is 18.3. The Morgan fingerprint density at radius 2 is 1.79 bits per heavy atom. The smallest absolute Gasteiger partial charge is 0.254 e. The van der Waals surface area contributed by atoms with E-state index in [9.17, 15) is 4.79 Å². The van der Waals surface area contributed by atoms with Crippen LogP contribution in [0.4, 0.5) is 5.95 Å². The van der Waals surface area contributed by atoms with Crippen molar-refractivity contribution < 1.29 is 4.74 Å². The second-order valence-corrected chi connectivity index (χ2v) is 7.48. The molecule has 0 bridgehead atoms. The van der Waals surface area contributed by atoms with Crippen molar-refractivity contribution in [3.63, 3.8) is 0 Å². The standard InChI is InChI=1S/C23H25N3O2/c1-26-22(27)14-21(25-23(26)24)20-13-19(20)17-7-3-5-15(11-17)9-10-16-6-4-8-18(12-16)28-2/h3-8,11-12,14,19-20H,9-10,13H2,1-2H3,(H2,24,25)/t19-,20-/m0/s1. The molecule has 1 heterocycles. The summed E-state index contributed by atoms with van der Waals surface area (Å²) >= 11 is 0. The highest BCUT2D eigenvalue weighted by Crippen LogP contribution is 2.54. The molecule has 2 aromatic carbocycles. The zero-order valence-electron chi connectivity index (χ0n) is 16.3. The van der Waals surface area contributed by atoms with Crippen LogP contribution in [-0.4, -0.2) is 16.7 Å². The van der Waals surface area contributed by atoms with Crippen LogP contribution in [0, 0.1) is 0 Å². The Labute approximate surface area is 164 Å². The van der Waals surface area contributed by atoms with E-state index in [0.717, 1.165) is 30.7 Å². The largest absolute Gasteiger partial charge is 0.497 e. The molecule has 144 valence electrons. The average molecular weight is 375 g/mol. The third-order valence-corrected chi connectivity index (χ3v) is 5.58. The van der Waals surface area contributed by atoms with Crippen molar-refractivity contribution in [2.24, 2.45) is 7.05 Å². The topological polar surface area (TPSA) is 70.1 Å². The molecule has 1 fully saturated rings. The molecular formula is C23H25N3O2. The average Bonchev–Trinajstić information content (AvgIpc) is 3.51. The number of aryl methyl sites for hydroxylation is 2. The molecule has 28 heavy (non-hydrogen) atoms. The normalized spacial score (nSPS) is 18.1. The number of anilines is 1. The van der Waals surface area contributed by atoms with Crippen molar-refractivity contribution in [3.05, 3.63) is 87.3 Å². The molecule has 5 heteroatoms. The molecule has 1 aromatic heterocycles. The molecule has 1 aliphatic carbocycles. The second kappa shape index (κ2) is 7.50. The molecule has 0 saturated heterocycles. The van der Waals surface area contributed by atoms with E-state index in [2.05, 4.69) is 41.4 Å². The maximum atomic E-state index is 12.0. The van der Waals surface area contributed by atoms with Gasteiger partial charge in [-0.1, -0.05) is 36.4 Å². The number of benzene rings is 2. The van der Waals surface area contributed by atoms with Crippen LogP contribution in [0.3, 0.4) is 0 Å². The summed E-state index contributed by atoms with van der Waals surface area (Å²) in [5.74, 6) is 1.87. The van der Waals surface area contributed by atoms with Crippen LogP contribution < -0.4 is 16.0 Å². The van der Waals surface area contributed by atoms with Crippen LogP contribution in [0.1, 0.15) is 40.6 Å². The second-order valence-electron chi connectivity index (χ2n) is 7.48. The van der Waals surface area contributed by atoms with Crippen molar-refractivity contribution in [3.8, 4) is 5.75 Å². The monoisotopic (exact) mass is 375 g/mol. The quantitative estimate of drug-likeness (QED) is 0.717. The third kappa shape index (κ3) is 3.79. The molecule has 0 spiro atoms. The van der Waals surface area contributed by atoms with E-state index in [1.165, 1.54) is 21.3 Å². The minimum absolute atomic E-state index is 0.0970. The van der Waals surface area contributed by atoms with Crippen LogP contribution in [-0.2, 0) is 19.9 Å². The molecule has 5 nitrogen and oxygen atoms in total. The van der Waals surface area contributed by atoms with Crippen LogP contribution >= 0.6 is 0 Å². The highest BCUT2D eigenvalue weighted by atomic mass is 16.5. The van der Waals surface area contributed by atoms with Gasteiger partial charge in [0.2, 0.25) is 5.95 Å². The van der Waals surface area contributed by atoms with E-state index >= 15 is 0 Å². The van der Waals surface area contributed by atoms with Gasteiger partial charge in [-0.15, -0.1) is 0 Å². The number of rotatable bonds is 6. The Bertz CT molecular complexity index is 1060. The van der Waals surface area contributed by atoms with E-state index in [1.54, 1.807) is 20.2 Å². The minimum atomic E-state index is -0.0970. The summed E-state index contributed by atoms with van der Waals surface area (Å²) in [4.78, 5) is 16.4. The zero-order valence-corrected chi connectivity index (χ0v) is 16.3. The number of nitrogens with two attached hydrogens (primary N) is 1. The lowest BCUT2D eigenvalue weighted by molar-refractivity contribution is 0.414. The predicted molar refractivity (Wildman–Crippen MR) is 111 cm³/mol. The summed E-state index contributed by atoms with van der Waals surface area (Å²) in [7, 11) is 3.34. The fourth-order valence-electron chi connectivity index (χ4n) is 3.75. The van der Waals surface area contributed by atoms with Crippen molar-refractivity contribution in [1.29, 1.82) is 0 Å². The molecule has 2 N–H and O–H groups in total. The van der Waals surface area contributed by atoms with Gasteiger partial charge in [-0.25, -0.2) is 4.98 Å². The number of methoxy groups -OCH3 is 1. The number of nitrogen functional groups attached to an aromatic ring is 1. The van der Waals surface area contributed by atoms with Crippen LogP contribution in [0.5, 0.6) is 5.75 Å². The summed E-state index contributed by atoms with van der Waals surface area (Å²) < 4.78 is 6.68. The number of aromatic nitrogens is 2. The van der Waals surface area contributed by atoms with Gasteiger partial charge in [-0.3, -0.25) is 9.36 Å². The summed E-state index contributed by atoms with van der Waals surface area (Å²) in [5, 5.41) is 0. The van der Waals surface area contributed by atoms with Gasteiger partial charge in [0.05, 0.1) is 12.8 Å². The summed E-state index contributed by atoms with van der Waals surface area (Å²) in [5.41, 5.74) is 10.5. The molecule has 1 aliphatic rings. The molecule has 2 atom stereocenters. The fourth-order valence-corrected chi connectivity index (χ4v) is 3.75. The maximum Gasteiger partial charge on any atom is 0.254 e. The van der Waals surface area contributed by atoms with Gasteiger partial charge in [0.15, 0.2) is 0 Å². The van der Waals surface area contributed by atoms with Crippen molar-refractivity contribution in [2.75, 3.05) is 12.8 Å². The summed E-state index contributed by atoms with van der Waals surface area (Å²) in [6, 6.07) is 18.6. The van der Waals surface area contributed by atoms with Crippen molar-refractivity contribution in [2.45, 2.75) is 31.1 Å². The zero-order chi connectivity index (χ0) is 19.7. The molecule has 3 aromatic rings. The van der Waals surface area contributed by atoms with E-state index in [-0.39, 0.29) is 17.4 Å². The Hall–Kier alpha value is -3.08. The van der Waals surface area contributed by atoms with Crippen molar-refractivity contribution >= 4 is 5.95 Å². The lowest BCUT2D eigenvalue weighted by atomic mass is 10.00.